The first-order valence-electron chi connectivity index (χ1n) is 7.29. The molecule has 1 aliphatic heterocycles. The van der Waals surface area contributed by atoms with Gasteiger partial charge in [-0.3, -0.25) is 10.2 Å². The molecule has 0 bridgehead atoms. The van der Waals surface area contributed by atoms with Crippen LogP contribution in [-0.2, 0) is 0 Å². The van der Waals surface area contributed by atoms with Crippen LogP contribution in [0.2, 0.25) is 0 Å². The molecule has 1 aromatic heterocycles. The molecule has 0 saturated carbocycles. The highest BCUT2D eigenvalue weighted by Gasteiger charge is 2.12. The zero-order valence-corrected chi connectivity index (χ0v) is 12.2. The Labute approximate surface area is 132 Å². The minimum absolute atomic E-state index is 0.225. The highest BCUT2D eigenvalue weighted by atomic mass is 16.2. The Morgan fingerprint density at radius 2 is 1.83 bits per heavy atom. The average Bonchev–Trinajstić information content (AvgIpc) is 2.92. The monoisotopic (exact) mass is 302 g/mol. The number of para-hydroxylation sites is 2. The predicted molar refractivity (Wildman–Crippen MR) is 92.3 cm³/mol. The predicted octanol–water partition coefficient (Wildman–Crippen LogP) is 3.35. The fraction of sp³-hybridized carbons (Fsp3) is 0. The van der Waals surface area contributed by atoms with Gasteiger partial charge in [0.15, 0.2) is 5.84 Å². The van der Waals surface area contributed by atoms with Gasteiger partial charge in [-0.25, -0.2) is 0 Å². The largest absolute Gasteiger partial charge is 0.351 e. The number of benzene rings is 2. The van der Waals surface area contributed by atoms with Gasteiger partial charge in [-0.05, 0) is 35.9 Å². The van der Waals surface area contributed by atoms with Gasteiger partial charge in [0.05, 0.1) is 5.69 Å². The maximum atomic E-state index is 12.4. The van der Waals surface area contributed by atoms with E-state index in [1.54, 1.807) is 6.08 Å². The number of amidine groups is 1. The van der Waals surface area contributed by atoms with Gasteiger partial charge in [-0.15, -0.1) is 0 Å². The molecule has 112 valence electrons. The summed E-state index contributed by atoms with van der Waals surface area (Å²) in [6.07, 6.45) is 3.69. The molecule has 0 unspecified atom stereocenters. The molecule has 5 heteroatoms. The summed E-state index contributed by atoms with van der Waals surface area (Å²) in [6, 6.07) is 17.4. The van der Waals surface area contributed by atoms with E-state index < -0.39 is 0 Å². The molecule has 3 N–H and O–H groups in total. The fourth-order valence-electron chi connectivity index (χ4n) is 2.52. The number of hydrogen-bond donors (Lipinski definition) is 3. The van der Waals surface area contributed by atoms with E-state index in [0.29, 0.717) is 11.5 Å². The average molecular weight is 302 g/mol. The summed E-state index contributed by atoms with van der Waals surface area (Å²) in [5.41, 5.74) is 6.32. The quantitative estimate of drug-likeness (QED) is 0.645. The van der Waals surface area contributed by atoms with Gasteiger partial charge in [0.25, 0.3) is 5.91 Å². The lowest BCUT2D eigenvalue weighted by atomic mass is 10.1. The molecule has 5 nitrogen and oxygen atoms in total. The number of anilines is 1. The molecule has 0 atom stereocenters. The smallest absolute Gasteiger partial charge is 0.273 e. The van der Waals surface area contributed by atoms with Crippen molar-refractivity contribution >= 4 is 34.4 Å². The van der Waals surface area contributed by atoms with Crippen LogP contribution in [-0.4, -0.2) is 16.7 Å². The van der Waals surface area contributed by atoms with Crippen molar-refractivity contribution in [3.8, 4) is 0 Å². The minimum Gasteiger partial charge on any atom is -0.351 e. The van der Waals surface area contributed by atoms with E-state index in [2.05, 4.69) is 20.8 Å². The van der Waals surface area contributed by atoms with Crippen molar-refractivity contribution in [2.45, 2.75) is 0 Å². The number of aromatic nitrogens is 1. The normalized spacial score (nSPS) is 13.0. The van der Waals surface area contributed by atoms with Crippen LogP contribution in [0, 0.1) is 0 Å². The molecule has 1 aliphatic rings. The van der Waals surface area contributed by atoms with Crippen LogP contribution in [0.1, 0.15) is 16.1 Å². The zero-order valence-electron chi connectivity index (χ0n) is 12.2. The number of hydrazone groups is 1. The molecular weight excluding hydrogens is 288 g/mol. The van der Waals surface area contributed by atoms with Crippen LogP contribution in [0.3, 0.4) is 0 Å². The number of aromatic amines is 1. The Hall–Kier alpha value is -3.34. The highest BCUT2D eigenvalue weighted by Crippen LogP contribution is 2.19. The van der Waals surface area contributed by atoms with Crippen LogP contribution in [0.25, 0.3) is 17.0 Å². The lowest BCUT2D eigenvalue weighted by Gasteiger charge is -2.04. The molecule has 0 aliphatic carbocycles. The molecule has 2 heterocycles. The molecule has 0 radical (unpaired) electrons. The molecule has 0 saturated heterocycles. The lowest BCUT2D eigenvalue weighted by molar-refractivity contribution is 0.0973. The van der Waals surface area contributed by atoms with Gasteiger partial charge in [0.2, 0.25) is 0 Å². The lowest BCUT2D eigenvalue weighted by Crippen LogP contribution is -2.29. The van der Waals surface area contributed by atoms with Crippen molar-refractivity contribution in [1.29, 1.82) is 0 Å². The van der Waals surface area contributed by atoms with Crippen LogP contribution in [0.15, 0.2) is 65.8 Å². The van der Waals surface area contributed by atoms with E-state index in [0.717, 1.165) is 22.2 Å². The van der Waals surface area contributed by atoms with Gasteiger partial charge in [0, 0.05) is 10.9 Å². The van der Waals surface area contributed by atoms with Gasteiger partial charge in [0.1, 0.15) is 5.69 Å². The third-order valence-electron chi connectivity index (χ3n) is 3.69. The number of fused-ring (bicyclic) bond motifs is 2. The second-order valence-corrected chi connectivity index (χ2v) is 5.25. The molecule has 2 aromatic carbocycles. The molecule has 0 spiro atoms. The first-order valence-corrected chi connectivity index (χ1v) is 7.29. The summed E-state index contributed by atoms with van der Waals surface area (Å²) < 4.78 is 0. The van der Waals surface area contributed by atoms with Crippen LogP contribution < -0.4 is 10.7 Å². The third-order valence-corrected chi connectivity index (χ3v) is 3.69. The van der Waals surface area contributed by atoms with E-state index >= 15 is 0 Å². The van der Waals surface area contributed by atoms with Crippen molar-refractivity contribution in [1.82, 2.24) is 10.3 Å². The zero-order chi connectivity index (χ0) is 15.6. The Bertz CT molecular complexity index is 919. The number of carbonyl (C=O) groups is 1. The highest BCUT2D eigenvalue weighted by molar-refractivity contribution is 6.12. The summed E-state index contributed by atoms with van der Waals surface area (Å²) in [4.78, 5) is 15.5. The van der Waals surface area contributed by atoms with Gasteiger partial charge < -0.3 is 10.3 Å². The van der Waals surface area contributed by atoms with Crippen molar-refractivity contribution in [2.75, 3.05) is 5.43 Å². The first-order chi connectivity index (χ1) is 11.3. The van der Waals surface area contributed by atoms with Crippen molar-refractivity contribution < 1.29 is 4.79 Å². The van der Waals surface area contributed by atoms with Crippen LogP contribution >= 0.6 is 0 Å². The maximum absolute atomic E-state index is 12.4. The summed E-state index contributed by atoms with van der Waals surface area (Å²) in [6.45, 7) is 0. The van der Waals surface area contributed by atoms with Crippen LogP contribution in [0.4, 0.5) is 5.69 Å². The first kappa shape index (κ1) is 13.3. The third kappa shape index (κ3) is 2.60. The second kappa shape index (κ2) is 5.46. The number of hydrogen-bond acceptors (Lipinski definition) is 3. The van der Waals surface area contributed by atoms with E-state index in [9.17, 15) is 4.79 Å². The Kier molecular flexibility index (Phi) is 3.16. The summed E-state index contributed by atoms with van der Waals surface area (Å²) in [7, 11) is 0. The summed E-state index contributed by atoms with van der Waals surface area (Å²) in [5, 5.41) is 8.02. The maximum Gasteiger partial charge on any atom is 0.273 e. The molecule has 4 rings (SSSR count). The number of H-pyrrole nitrogens is 1. The molecule has 23 heavy (non-hydrogen) atoms. The number of nitrogens with one attached hydrogen (secondary N) is 3. The van der Waals surface area contributed by atoms with E-state index in [1.165, 1.54) is 0 Å². The van der Waals surface area contributed by atoms with Gasteiger partial charge >= 0.3 is 0 Å². The molecular formula is C18H14N4O. The van der Waals surface area contributed by atoms with Gasteiger partial charge in [-0.2, -0.15) is 5.10 Å². The number of rotatable bonds is 1. The Morgan fingerprint density at radius 3 is 2.74 bits per heavy atom. The minimum atomic E-state index is -0.225. The Morgan fingerprint density at radius 1 is 1.00 bits per heavy atom. The fourth-order valence-corrected chi connectivity index (χ4v) is 2.52. The number of carbonyl (C=O) groups excluding carboxylic acids is 1. The van der Waals surface area contributed by atoms with E-state index in [4.69, 9.17) is 0 Å². The van der Waals surface area contributed by atoms with E-state index in [-0.39, 0.29) is 5.91 Å². The number of amides is 1. The molecule has 3 aromatic rings. The Balaban J connectivity index is 1.56. The SMILES string of the molecule is O=C(NC1=NNc2ccccc2C=C1)c1cc2ccccc2[nH]1. The summed E-state index contributed by atoms with van der Waals surface area (Å²) >= 11 is 0. The second-order valence-electron chi connectivity index (χ2n) is 5.25. The number of nitrogens with zero attached hydrogens (tertiary/aromatic N) is 1. The molecule has 0 fully saturated rings. The van der Waals surface area contributed by atoms with Gasteiger partial charge in [-0.1, -0.05) is 36.4 Å². The van der Waals surface area contributed by atoms with E-state index in [1.807, 2.05) is 60.7 Å². The van der Waals surface area contributed by atoms with Crippen LogP contribution in [0.5, 0.6) is 0 Å². The van der Waals surface area contributed by atoms with Crippen molar-refractivity contribution in [3.63, 3.8) is 0 Å². The summed E-state index contributed by atoms with van der Waals surface area (Å²) in [5.74, 6) is 0.238. The topological polar surface area (TPSA) is 69.3 Å². The van der Waals surface area contributed by atoms with Crippen molar-refractivity contribution in [3.05, 3.63) is 71.9 Å². The standard InChI is InChI=1S/C18H14N4O/c23-18(16-11-13-6-2-3-7-14(13)19-16)20-17-10-9-12-5-1-4-8-15(12)21-22-17/h1-11,19,21H,(H,20,22,23). The van der Waals surface area contributed by atoms with Crippen molar-refractivity contribution in [2.24, 2.45) is 5.10 Å². The molecule has 1 amide bonds.